The second-order valence-corrected chi connectivity index (χ2v) is 15.2. The summed E-state index contributed by atoms with van der Waals surface area (Å²) in [5.74, 6) is 0.0615. The highest BCUT2D eigenvalue weighted by atomic mass is 28.4. The van der Waals surface area contributed by atoms with Crippen LogP contribution >= 0.6 is 0 Å². The van der Waals surface area contributed by atoms with Crippen LogP contribution < -0.4 is 0 Å². The number of carbonyl (C=O) groups is 1. The van der Waals surface area contributed by atoms with Crippen molar-refractivity contribution in [3.05, 3.63) is 23.8 Å². The van der Waals surface area contributed by atoms with Gasteiger partial charge in [0.15, 0.2) is 6.29 Å². The Balaban J connectivity index is 5.52. The van der Waals surface area contributed by atoms with Crippen molar-refractivity contribution in [1.82, 2.24) is 0 Å². The average Bonchev–Trinajstić information content (AvgIpc) is 2.70. The van der Waals surface area contributed by atoms with Gasteiger partial charge in [0.1, 0.15) is 0 Å². The first-order valence-corrected chi connectivity index (χ1v) is 14.4. The van der Waals surface area contributed by atoms with Crippen LogP contribution in [0.5, 0.6) is 0 Å². The minimum atomic E-state index is -2.03. The van der Waals surface area contributed by atoms with E-state index in [9.17, 15) is 4.79 Å². The zero-order valence-corrected chi connectivity index (χ0v) is 23.6. The number of hydrogen-bond donors (Lipinski definition) is 0. The lowest BCUT2D eigenvalue weighted by Gasteiger charge is -2.44. The van der Waals surface area contributed by atoms with Crippen molar-refractivity contribution < 1.29 is 23.4 Å². The van der Waals surface area contributed by atoms with Gasteiger partial charge in [-0.1, -0.05) is 60.6 Å². The molecule has 0 aromatic heterocycles. The molecule has 0 heterocycles. The van der Waals surface area contributed by atoms with Crippen LogP contribution in [-0.2, 0) is 23.4 Å². The SMILES string of the molecule is CCOC(C)OC[C@@H](C)CC[C@H](/C=C/C(C)=C\C(=O)OC)O[Si](C(C)C)(C(C)C)C(C)C. The lowest BCUT2D eigenvalue weighted by atomic mass is 10.0. The summed E-state index contributed by atoms with van der Waals surface area (Å²) in [6.45, 7) is 23.2. The fourth-order valence-electron chi connectivity index (χ4n) is 4.53. The largest absolute Gasteiger partial charge is 0.466 e. The Morgan fingerprint density at radius 1 is 0.906 bits per heavy atom. The predicted octanol–water partition coefficient (Wildman–Crippen LogP) is 7.04. The average molecular weight is 471 g/mol. The van der Waals surface area contributed by atoms with E-state index in [4.69, 9.17) is 18.6 Å². The smallest absolute Gasteiger partial charge is 0.330 e. The van der Waals surface area contributed by atoms with Gasteiger partial charge < -0.3 is 18.6 Å². The van der Waals surface area contributed by atoms with E-state index >= 15 is 0 Å². The zero-order chi connectivity index (χ0) is 24.9. The van der Waals surface area contributed by atoms with Crippen molar-refractivity contribution in [2.24, 2.45) is 5.92 Å². The Morgan fingerprint density at radius 2 is 1.47 bits per heavy atom. The number of carbonyl (C=O) groups excluding carboxylic acids is 1. The van der Waals surface area contributed by atoms with Gasteiger partial charge in [-0.25, -0.2) is 4.79 Å². The highest BCUT2D eigenvalue weighted by molar-refractivity contribution is 6.77. The molecular weight excluding hydrogens is 420 g/mol. The first-order valence-electron chi connectivity index (χ1n) is 12.3. The molecule has 0 aromatic rings. The molecule has 5 nitrogen and oxygen atoms in total. The second kappa shape index (κ2) is 15.8. The predicted molar refractivity (Wildman–Crippen MR) is 136 cm³/mol. The Morgan fingerprint density at radius 3 is 1.94 bits per heavy atom. The molecule has 0 bridgehead atoms. The van der Waals surface area contributed by atoms with E-state index < -0.39 is 8.32 Å². The maximum absolute atomic E-state index is 11.6. The maximum atomic E-state index is 11.6. The Labute approximate surface area is 199 Å². The molecule has 3 atom stereocenters. The van der Waals surface area contributed by atoms with E-state index in [-0.39, 0.29) is 18.4 Å². The second-order valence-electron chi connectivity index (χ2n) is 9.78. The molecule has 0 aliphatic carbocycles. The fraction of sp³-hybridized carbons (Fsp3) is 0.808. The Kier molecular flexibility index (Phi) is 15.3. The van der Waals surface area contributed by atoms with Gasteiger partial charge in [0.25, 0.3) is 0 Å². The normalized spacial score (nSPS) is 16.2. The monoisotopic (exact) mass is 470 g/mol. The van der Waals surface area contributed by atoms with Crippen molar-refractivity contribution in [3.63, 3.8) is 0 Å². The molecule has 188 valence electrons. The number of hydrogen-bond acceptors (Lipinski definition) is 5. The van der Waals surface area contributed by atoms with Crippen molar-refractivity contribution in [3.8, 4) is 0 Å². The van der Waals surface area contributed by atoms with E-state index in [0.29, 0.717) is 35.8 Å². The van der Waals surface area contributed by atoms with Crippen LogP contribution in [0.4, 0.5) is 0 Å². The van der Waals surface area contributed by atoms with Gasteiger partial charge in [-0.15, -0.1) is 0 Å². The summed E-state index contributed by atoms with van der Waals surface area (Å²) in [4.78, 5) is 11.6. The molecule has 0 amide bonds. The Hall–Kier alpha value is -0.953. The minimum Gasteiger partial charge on any atom is -0.466 e. The van der Waals surface area contributed by atoms with Gasteiger partial charge in [0.05, 0.1) is 19.8 Å². The summed E-state index contributed by atoms with van der Waals surface area (Å²) in [5, 5.41) is 0. The molecule has 0 saturated carbocycles. The summed E-state index contributed by atoms with van der Waals surface area (Å²) in [7, 11) is -0.640. The van der Waals surface area contributed by atoms with Gasteiger partial charge in [-0.2, -0.15) is 0 Å². The standard InChI is InChI=1S/C26H50O5Si/c1-12-29-24(10)30-18-23(9)14-16-25(15-13-22(8)17-26(27)28-11)31-32(19(2)3,20(4)5)21(6)7/h13,15,17,19-21,23-25H,12,14,16,18H2,1-11H3/b15-13+,22-17-/t23-,24?,25-/m0/s1. The highest BCUT2D eigenvalue weighted by Crippen LogP contribution is 2.43. The lowest BCUT2D eigenvalue weighted by Crippen LogP contribution is -2.50. The number of ether oxygens (including phenoxy) is 3. The minimum absolute atomic E-state index is 0.00151. The molecule has 0 radical (unpaired) electrons. The molecule has 0 aliphatic rings. The number of allylic oxidation sites excluding steroid dienone is 2. The van der Waals surface area contributed by atoms with Gasteiger partial charge in [-0.05, 0) is 61.7 Å². The molecular formula is C26H50O5Si. The molecule has 0 aliphatic heterocycles. The van der Waals surface area contributed by atoms with Crippen molar-refractivity contribution >= 4 is 14.3 Å². The molecule has 1 unspecified atom stereocenters. The van der Waals surface area contributed by atoms with E-state index in [2.05, 4.69) is 54.5 Å². The van der Waals surface area contributed by atoms with Crippen molar-refractivity contribution in [2.75, 3.05) is 20.3 Å². The molecule has 0 saturated heterocycles. The van der Waals surface area contributed by atoms with Crippen LogP contribution in [0.1, 0.15) is 82.1 Å². The van der Waals surface area contributed by atoms with Crippen LogP contribution in [0, 0.1) is 5.92 Å². The van der Waals surface area contributed by atoms with Crippen LogP contribution in [-0.4, -0.2) is 47.0 Å². The summed E-state index contributed by atoms with van der Waals surface area (Å²) in [5.41, 5.74) is 2.40. The van der Waals surface area contributed by atoms with Crippen LogP contribution in [0.25, 0.3) is 0 Å². The van der Waals surface area contributed by atoms with Gasteiger partial charge in [-0.3, -0.25) is 0 Å². The highest BCUT2D eigenvalue weighted by Gasteiger charge is 2.46. The lowest BCUT2D eigenvalue weighted by molar-refractivity contribution is -0.135. The third-order valence-corrected chi connectivity index (χ3v) is 12.3. The van der Waals surface area contributed by atoms with E-state index in [0.717, 1.165) is 18.4 Å². The van der Waals surface area contributed by atoms with Crippen molar-refractivity contribution in [2.45, 2.75) is 111 Å². The number of rotatable bonds is 16. The molecule has 0 fully saturated rings. The molecule has 32 heavy (non-hydrogen) atoms. The molecule has 6 heteroatoms. The first-order chi connectivity index (χ1) is 14.9. The van der Waals surface area contributed by atoms with Crippen LogP contribution in [0.2, 0.25) is 16.6 Å². The van der Waals surface area contributed by atoms with Gasteiger partial charge in [0, 0.05) is 12.7 Å². The molecule has 0 aromatic carbocycles. The third kappa shape index (κ3) is 10.8. The summed E-state index contributed by atoms with van der Waals surface area (Å²) in [6.07, 6.45) is 7.35. The van der Waals surface area contributed by atoms with E-state index in [1.807, 2.05) is 26.8 Å². The first kappa shape index (κ1) is 31.0. The van der Waals surface area contributed by atoms with E-state index in [1.54, 1.807) is 0 Å². The summed E-state index contributed by atoms with van der Waals surface area (Å²) >= 11 is 0. The third-order valence-electron chi connectivity index (χ3n) is 6.14. The molecule has 0 N–H and O–H groups in total. The topological polar surface area (TPSA) is 54.0 Å². The molecule has 0 spiro atoms. The van der Waals surface area contributed by atoms with Crippen LogP contribution in [0.15, 0.2) is 23.8 Å². The fourth-order valence-corrected chi connectivity index (χ4v) is 10.1. The maximum Gasteiger partial charge on any atom is 0.330 e. The van der Waals surface area contributed by atoms with Gasteiger partial charge in [0.2, 0.25) is 8.32 Å². The number of methoxy groups -OCH3 is 1. The zero-order valence-electron chi connectivity index (χ0n) is 22.6. The van der Waals surface area contributed by atoms with E-state index in [1.165, 1.54) is 13.2 Å². The Bertz CT molecular complexity index is 561. The van der Waals surface area contributed by atoms with Gasteiger partial charge >= 0.3 is 5.97 Å². The van der Waals surface area contributed by atoms with Crippen LogP contribution in [0.3, 0.4) is 0 Å². The summed E-state index contributed by atoms with van der Waals surface area (Å²) in [6, 6.07) is 0. The summed E-state index contributed by atoms with van der Waals surface area (Å²) < 4.78 is 23.1. The molecule has 0 rings (SSSR count). The quantitative estimate of drug-likeness (QED) is 0.0796. The van der Waals surface area contributed by atoms with Crippen molar-refractivity contribution in [1.29, 1.82) is 0 Å². The number of esters is 1.